The fraction of sp³-hybridized carbons (Fsp3) is 0.571. The number of aromatic nitrogens is 2. The Bertz CT molecular complexity index is 135. The van der Waals surface area contributed by atoms with E-state index in [-0.39, 0.29) is 0 Å². The molecule has 0 saturated carbocycles. The van der Waals surface area contributed by atoms with E-state index in [4.69, 9.17) is 0 Å². The van der Waals surface area contributed by atoms with Gasteiger partial charge in [0.15, 0.2) is 0 Å². The van der Waals surface area contributed by atoms with Gasteiger partial charge in [0.25, 0.3) is 0 Å². The summed E-state index contributed by atoms with van der Waals surface area (Å²) in [5.41, 5.74) is 0. The number of nitrogens with zero attached hydrogens (tertiary/aromatic N) is 2. The molecule has 0 aromatic carbocycles. The molecule has 0 aliphatic heterocycles. The largest absolute Gasteiger partial charge is 0.385 e. The Morgan fingerprint density at radius 2 is 2.20 bits per heavy atom. The van der Waals surface area contributed by atoms with E-state index in [1.165, 1.54) is 0 Å². The van der Waals surface area contributed by atoms with Gasteiger partial charge in [-0.15, -0.1) is 0 Å². The molecule has 0 radical (unpaired) electrons. The maximum Gasteiger partial charge on any atom is 0.0943 e. The number of rotatable bonds is 1. The Kier molecular flexibility index (Phi) is 5.77. The molecule has 0 aliphatic carbocycles. The normalized spacial score (nSPS) is 8.30. The Labute approximate surface area is 61.6 Å². The molecular weight excluding hydrogens is 128 g/mol. The molecule has 0 spiro atoms. The Morgan fingerprint density at radius 1 is 1.60 bits per heavy atom. The van der Waals surface area contributed by atoms with Crippen molar-refractivity contribution >= 4 is 0 Å². The van der Waals surface area contributed by atoms with Crippen LogP contribution in [0.1, 0.15) is 6.92 Å². The molecule has 0 saturated heterocycles. The van der Waals surface area contributed by atoms with Crippen molar-refractivity contribution in [1.29, 1.82) is 0 Å². The third-order valence-corrected chi connectivity index (χ3v) is 0.925. The van der Waals surface area contributed by atoms with Crippen molar-refractivity contribution in [2.45, 2.75) is 6.92 Å². The summed E-state index contributed by atoms with van der Waals surface area (Å²) in [6, 6.07) is 0. The van der Waals surface area contributed by atoms with Crippen LogP contribution in [0.4, 0.5) is 0 Å². The number of methoxy groups -OCH3 is 1. The smallest absolute Gasteiger partial charge is 0.0943 e. The molecule has 0 unspecified atom stereocenters. The first-order valence-electron chi connectivity index (χ1n) is 3.22. The van der Waals surface area contributed by atoms with E-state index in [1.54, 1.807) is 19.6 Å². The van der Waals surface area contributed by atoms with E-state index in [1.807, 2.05) is 24.7 Å². The van der Waals surface area contributed by atoms with Crippen LogP contribution < -0.4 is 0 Å². The molecule has 0 N–H and O–H groups in total. The van der Waals surface area contributed by atoms with Crippen molar-refractivity contribution in [3.63, 3.8) is 0 Å². The minimum atomic E-state index is 0.819. The molecule has 58 valence electrons. The first-order valence-corrected chi connectivity index (χ1v) is 3.22. The van der Waals surface area contributed by atoms with Crippen molar-refractivity contribution in [3.05, 3.63) is 18.7 Å². The zero-order chi connectivity index (χ0) is 7.82. The van der Waals surface area contributed by atoms with Crippen molar-refractivity contribution in [1.82, 2.24) is 9.55 Å². The highest BCUT2D eigenvalue weighted by Gasteiger charge is 1.69. The SMILES string of the molecule is CCOC.Cn1ccnc1. The van der Waals surface area contributed by atoms with E-state index >= 15 is 0 Å². The summed E-state index contributed by atoms with van der Waals surface area (Å²) in [7, 11) is 3.62. The number of hydrogen-bond acceptors (Lipinski definition) is 2. The van der Waals surface area contributed by atoms with Gasteiger partial charge in [0.1, 0.15) is 0 Å². The van der Waals surface area contributed by atoms with Gasteiger partial charge in [-0.2, -0.15) is 0 Å². The summed E-state index contributed by atoms with van der Waals surface area (Å²) in [4.78, 5) is 3.78. The fourth-order valence-corrected chi connectivity index (χ4v) is 0.326. The molecule has 1 heterocycles. The molecule has 3 nitrogen and oxygen atoms in total. The third-order valence-electron chi connectivity index (χ3n) is 0.925. The van der Waals surface area contributed by atoms with E-state index in [0.29, 0.717) is 0 Å². The lowest BCUT2D eigenvalue weighted by Gasteiger charge is -1.76. The van der Waals surface area contributed by atoms with Crippen molar-refractivity contribution in [3.8, 4) is 0 Å². The molecular formula is C7H14N2O. The van der Waals surface area contributed by atoms with Crippen molar-refractivity contribution in [2.75, 3.05) is 13.7 Å². The van der Waals surface area contributed by atoms with Gasteiger partial charge in [-0.1, -0.05) is 0 Å². The Morgan fingerprint density at radius 3 is 2.30 bits per heavy atom. The fourth-order valence-electron chi connectivity index (χ4n) is 0.326. The van der Waals surface area contributed by atoms with Crippen LogP contribution in [-0.4, -0.2) is 23.3 Å². The van der Waals surface area contributed by atoms with Gasteiger partial charge in [-0.05, 0) is 6.92 Å². The van der Waals surface area contributed by atoms with Crippen LogP contribution in [0.2, 0.25) is 0 Å². The predicted octanol–water partition coefficient (Wildman–Crippen LogP) is 1.07. The van der Waals surface area contributed by atoms with Gasteiger partial charge in [0.05, 0.1) is 6.33 Å². The van der Waals surface area contributed by atoms with Gasteiger partial charge in [0, 0.05) is 33.2 Å². The summed E-state index contributed by atoms with van der Waals surface area (Å²) < 4.78 is 6.43. The summed E-state index contributed by atoms with van der Waals surface area (Å²) in [6.07, 6.45) is 5.39. The number of aryl methyl sites for hydroxylation is 1. The highest BCUT2D eigenvalue weighted by molar-refractivity contribution is 4.70. The number of imidazole rings is 1. The van der Waals surface area contributed by atoms with E-state index in [9.17, 15) is 0 Å². The zero-order valence-corrected chi connectivity index (χ0v) is 6.74. The minimum absolute atomic E-state index is 0.819. The highest BCUT2D eigenvalue weighted by Crippen LogP contribution is 1.73. The van der Waals surface area contributed by atoms with Gasteiger partial charge in [-0.25, -0.2) is 4.98 Å². The van der Waals surface area contributed by atoms with Gasteiger partial charge >= 0.3 is 0 Å². The highest BCUT2D eigenvalue weighted by atomic mass is 16.5. The maximum atomic E-state index is 4.54. The van der Waals surface area contributed by atoms with Crippen LogP contribution in [0, 0.1) is 0 Å². The molecule has 0 aliphatic rings. The van der Waals surface area contributed by atoms with Crippen LogP contribution in [-0.2, 0) is 11.8 Å². The molecule has 10 heavy (non-hydrogen) atoms. The average Bonchev–Trinajstić information content (AvgIpc) is 2.40. The van der Waals surface area contributed by atoms with Crippen LogP contribution in [0.25, 0.3) is 0 Å². The molecule has 1 aromatic heterocycles. The summed E-state index contributed by atoms with van der Waals surface area (Å²) in [5, 5.41) is 0. The van der Waals surface area contributed by atoms with E-state index in [0.717, 1.165) is 6.61 Å². The molecule has 0 fully saturated rings. The molecule has 1 rings (SSSR count). The van der Waals surface area contributed by atoms with Crippen molar-refractivity contribution < 1.29 is 4.74 Å². The summed E-state index contributed by atoms with van der Waals surface area (Å²) in [6.45, 7) is 2.78. The van der Waals surface area contributed by atoms with Crippen LogP contribution in [0.3, 0.4) is 0 Å². The minimum Gasteiger partial charge on any atom is -0.385 e. The van der Waals surface area contributed by atoms with Gasteiger partial charge in [-0.3, -0.25) is 0 Å². The monoisotopic (exact) mass is 142 g/mol. The van der Waals surface area contributed by atoms with Gasteiger partial charge in [0.2, 0.25) is 0 Å². The van der Waals surface area contributed by atoms with Crippen LogP contribution in [0.5, 0.6) is 0 Å². The second-order valence-electron chi connectivity index (χ2n) is 1.81. The number of hydrogen-bond donors (Lipinski definition) is 0. The first-order chi connectivity index (χ1) is 4.81. The summed E-state index contributed by atoms with van der Waals surface area (Å²) in [5.74, 6) is 0. The van der Waals surface area contributed by atoms with E-state index in [2.05, 4.69) is 9.72 Å². The van der Waals surface area contributed by atoms with Crippen molar-refractivity contribution in [2.24, 2.45) is 7.05 Å². The zero-order valence-electron chi connectivity index (χ0n) is 6.74. The lowest BCUT2D eigenvalue weighted by Crippen LogP contribution is -1.76. The molecule has 0 amide bonds. The van der Waals surface area contributed by atoms with Gasteiger partial charge < -0.3 is 9.30 Å². The molecule has 0 atom stereocenters. The molecule has 3 heteroatoms. The first kappa shape index (κ1) is 9.17. The summed E-state index contributed by atoms with van der Waals surface area (Å²) >= 11 is 0. The standard InChI is InChI=1S/C4H6N2.C3H8O/c1-6-3-2-5-4-6;1-3-4-2/h2-4H,1H3;3H2,1-2H3. The Balaban J connectivity index is 0.000000180. The molecule has 0 bridgehead atoms. The second kappa shape index (κ2) is 6.29. The Hall–Kier alpha value is -0.830. The van der Waals surface area contributed by atoms with Crippen LogP contribution >= 0.6 is 0 Å². The lowest BCUT2D eigenvalue weighted by molar-refractivity contribution is 0.215. The number of ether oxygens (including phenoxy) is 1. The maximum absolute atomic E-state index is 4.54. The third kappa shape index (κ3) is 5.31. The quantitative estimate of drug-likeness (QED) is 0.586. The predicted molar refractivity (Wildman–Crippen MR) is 40.8 cm³/mol. The lowest BCUT2D eigenvalue weighted by atomic mass is 10.9. The van der Waals surface area contributed by atoms with E-state index < -0.39 is 0 Å². The van der Waals surface area contributed by atoms with Crippen LogP contribution in [0.15, 0.2) is 18.7 Å². The molecule has 1 aromatic rings. The topological polar surface area (TPSA) is 27.1 Å². The average molecular weight is 142 g/mol. The second-order valence-corrected chi connectivity index (χ2v) is 1.81.